The van der Waals surface area contributed by atoms with Gasteiger partial charge >= 0.3 is 0 Å². The van der Waals surface area contributed by atoms with Gasteiger partial charge in [0.05, 0.1) is 18.1 Å². The second kappa shape index (κ2) is 11.9. The first-order valence-electron chi connectivity index (χ1n) is 9.48. The van der Waals surface area contributed by atoms with Crippen LogP contribution in [-0.4, -0.2) is 69.4 Å². The van der Waals surface area contributed by atoms with Crippen LogP contribution in [0.1, 0.15) is 45.4 Å². The monoisotopic (exact) mass is 386 g/mol. The van der Waals surface area contributed by atoms with Crippen molar-refractivity contribution in [3.05, 3.63) is 12.7 Å². The van der Waals surface area contributed by atoms with Crippen molar-refractivity contribution in [3.63, 3.8) is 0 Å². The molecule has 1 amide bonds. The van der Waals surface area contributed by atoms with Crippen molar-refractivity contribution in [3.8, 4) is 0 Å². The SMILES string of the molecule is C=CCCCCCN(C)C(=NCCC(=O)NC1CCS(=O)(=O)C1)NCC. The summed E-state index contributed by atoms with van der Waals surface area (Å²) in [5, 5.41) is 6.03. The van der Waals surface area contributed by atoms with E-state index in [4.69, 9.17) is 0 Å². The van der Waals surface area contributed by atoms with Crippen LogP contribution in [-0.2, 0) is 14.6 Å². The number of hydrogen-bond donors (Lipinski definition) is 2. The van der Waals surface area contributed by atoms with Gasteiger partial charge in [0.25, 0.3) is 0 Å². The number of aliphatic imine (C=N–C) groups is 1. The summed E-state index contributed by atoms with van der Waals surface area (Å²) in [5.74, 6) is 0.878. The number of allylic oxidation sites excluding steroid dienone is 1. The smallest absolute Gasteiger partial charge is 0.222 e. The normalized spacial score (nSPS) is 19.2. The largest absolute Gasteiger partial charge is 0.357 e. The van der Waals surface area contributed by atoms with Crippen molar-refractivity contribution in [1.82, 2.24) is 15.5 Å². The van der Waals surface area contributed by atoms with Crippen LogP contribution in [0.3, 0.4) is 0 Å². The first kappa shape index (κ1) is 22.5. The molecule has 0 aliphatic carbocycles. The van der Waals surface area contributed by atoms with Gasteiger partial charge in [0.1, 0.15) is 0 Å². The molecule has 0 aromatic rings. The van der Waals surface area contributed by atoms with Crippen molar-refractivity contribution in [1.29, 1.82) is 0 Å². The van der Waals surface area contributed by atoms with Crippen LogP contribution in [0.4, 0.5) is 0 Å². The standard InChI is InChI=1S/C18H34N4O3S/c1-4-6-7-8-9-13-22(3)18(19-5-2)20-12-10-17(23)21-16-11-14-26(24,25)15-16/h4,16H,1,5-15H2,2-3H3,(H,19,20)(H,21,23). The molecule has 2 N–H and O–H groups in total. The Morgan fingerprint density at radius 1 is 1.35 bits per heavy atom. The number of amides is 1. The van der Waals surface area contributed by atoms with Gasteiger partial charge in [-0.3, -0.25) is 9.79 Å². The van der Waals surface area contributed by atoms with E-state index in [-0.39, 0.29) is 29.9 Å². The fourth-order valence-corrected chi connectivity index (χ4v) is 4.54. The topological polar surface area (TPSA) is 90.9 Å². The van der Waals surface area contributed by atoms with Crippen molar-refractivity contribution < 1.29 is 13.2 Å². The summed E-state index contributed by atoms with van der Waals surface area (Å²) in [6.07, 6.45) is 7.17. The molecular weight excluding hydrogens is 352 g/mol. The molecule has 0 aromatic heterocycles. The fraction of sp³-hybridized carbons (Fsp3) is 0.778. The average Bonchev–Trinajstić information content (AvgIpc) is 2.92. The molecule has 1 fully saturated rings. The quantitative estimate of drug-likeness (QED) is 0.242. The van der Waals surface area contributed by atoms with Gasteiger partial charge in [-0.15, -0.1) is 6.58 Å². The molecule has 0 spiro atoms. The highest BCUT2D eigenvalue weighted by atomic mass is 32.2. The Balaban J connectivity index is 2.35. The summed E-state index contributed by atoms with van der Waals surface area (Å²) in [6, 6.07) is -0.247. The van der Waals surface area contributed by atoms with Gasteiger partial charge < -0.3 is 15.5 Å². The van der Waals surface area contributed by atoms with Crippen LogP contribution in [0.5, 0.6) is 0 Å². The zero-order valence-electron chi connectivity index (χ0n) is 16.2. The highest BCUT2D eigenvalue weighted by Crippen LogP contribution is 2.11. The van der Waals surface area contributed by atoms with Gasteiger partial charge in [-0.05, 0) is 32.6 Å². The van der Waals surface area contributed by atoms with E-state index in [9.17, 15) is 13.2 Å². The number of sulfone groups is 1. The number of nitrogens with zero attached hydrogens (tertiary/aromatic N) is 2. The molecule has 0 radical (unpaired) electrons. The minimum atomic E-state index is -2.97. The van der Waals surface area contributed by atoms with Crippen LogP contribution in [0.2, 0.25) is 0 Å². The highest BCUT2D eigenvalue weighted by molar-refractivity contribution is 7.91. The third-order valence-corrected chi connectivity index (χ3v) is 6.06. The van der Waals surface area contributed by atoms with Gasteiger partial charge in [-0.25, -0.2) is 8.42 Å². The summed E-state index contributed by atoms with van der Waals surface area (Å²) in [4.78, 5) is 18.6. The fourth-order valence-electron chi connectivity index (χ4n) is 2.86. The Morgan fingerprint density at radius 2 is 2.12 bits per heavy atom. The maximum absolute atomic E-state index is 12.0. The van der Waals surface area contributed by atoms with Gasteiger partial charge in [-0.2, -0.15) is 0 Å². The second-order valence-electron chi connectivity index (χ2n) is 6.71. The van der Waals surface area contributed by atoms with E-state index < -0.39 is 9.84 Å². The van der Waals surface area contributed by atoms with E-state index in [1.807, 2.05) is 20.0 Å². The van der Waals surface area contributed by atoms with E-state index in [2.05, 4.69) is 27.1 Å². The summed E-state index contributed by atoms with van der Waals surface area (Å²) in [7, 11) is -0.974. The van der Waals surface area contributed by atoms with Gasteiger partial charge in [-0.1, -0.05) is 12.5 Å². The first-order chi connectivity index (χ1) is 12.4. The first-order valence-corrected chi connectivity index (χ1v) is 11.3. The molecule has 0 bridgehead atoms. The van der Waals surface area contributed by atoms with Crippen LogP contribution < -0.4 is 10.6 Å². The van der Waals surface area contributed by atoms with E-state index >= 15 is 0 Å². The number of guanidine groups is 1. The predicted molar refractivity (Wildman–Crippen MR) is 107 cm³/mol. The minimum Gasteiger partial charge on any atom is -0.357 e. The average molecular weight is 387 g/mol. The third-order valence-electron chi connectivity index (χ3n) is 4.30. The molecule has 0 saturated carbocycles. The molecule has 1 aliphatic heterocycles. The van der Waals surface area contributed by atoms with Crippen LogP contribution >= 0.6 is 0 Å². The Bertz CT molecular complexity index is 575. The van der Waals surface area contributed by atoms with Gasteiger partial charge in [0, 0.05) is 32.6 Å². The van der Waals surface area contributed by atoms with E-state index in [0.717, 1.165) is 44.7 Å². The molecule has 1 unspecified atom stereocenters. The molecule has 1 atom stereocenters. The highest BCUT2D eigenvalue weighted by Gasteiger charge is 2.28. The molecule has 1 rings (SSSR count). The summed E-state index contributed by atoms with van der Waals surface area (Å²) in [6.45, 7) is 7.81. The van der Waals surface area contributed by atoms with E-state index in [1.165, 1.54) is 0 Å². The maximum atomic E-state index is 12.0. The summed E-state index contributed by atoms with van der Waals surface area (Å²) >= 11 is 0. The number of carbonyl (C=O) groups is 1. The molecule has 1 saturated heterocycles. The van der Waals surface area contributed by atoms with Crippen molar-refractivity contribution >= 4 is 21.7 Å². The molecule has 150 valence electrons. The Morgan fingerprint density at radius 3 is 2.73 bits per heavy atom. The van der Waals surface area contributed by atoms with Crippen molar-refractivity contribution in [2.45, 2.75) is 51.5 Å². The number of rotatable bonds is 11. The number of unbranched alkanes of at least 4 members (excludes halogenated alkanes) is 3. The van der Waals surface area contributed by atoms with Gasteiger partial charge in [0.2, 0.25) is 5.91 Å². The zero-order valence-corrected chi connectivity index (χ0v) is 17.0. The maximum Gasteiger partial charge on any atom is 0.222 e. The Kier molecular flexibility index (Phi) is 10.3. The lowest BCUT2D eigenvalue weighted by Gasteiger charge is -2.22. The molecule has 0 aromatic carbocycles. The minimum absolute atomic E-state index is 0.0548. The second-order valence-corrected chi connectivity index (χ2v) is 8.94. The Hall–Kier alpha value is -1.57. The van der Waals surface area contributed by atoms with Crippen molar-refractivity contribution in [2.24, 2.45) is 4.99 Å². The van der Waals surface area contributed by atoms with Crippen LogP contribution in [0, 0.1) is 0 Å². The molecule has 8 heteroatoms. The van der Waals surface area contributed by atoms with Gasteiger partial charge in [0.15, 0.2) is 15.8 Å². The number of carbonyl (C=O) groups excluding carboxylic acids is 1. The van der Waals surface area contributed by atoms with Crippen molar-refractivity contribution in [2.75, 3.05) is 38.2 Å². The third kappa shape index (κ3) is 9.22. The molecular formula is C18H34N4O3S. The lowest BCUT2D eigenvalue weighted by Crippen LogP contribution is -2.40. The van der Waals surface area contributed by atoms with E-state index in [1.54, 1.807) is 0 Å². The molecule has 1 heterocycles. The van der Waals surface area contributed by atoms with Crippen LogP contribution in [0.15, 0.2) is 17.6 Å². The Labute approximate surface area is 158 Å². The lowest BCUT2D eigenvalue weighted by molar-refractivity contribution is -0.121. The molecule has 7 nitrogen and oxygen atoms in total. The molecule has 26 heavy (non-hydrogen) atoms. The summed E-state index contributed by atoms with van der Waals surface area (Å²) < 4.78 is 22.9. The predicted octanol–water partition coefficient (Wildman–Crippen LogP) is 1.32. The lowest BCUT2D eigenvalue weighted by atomic mass is 10.2. The van der Waals surface area contributed by atoms with E-state index in [0.29, 0.717) is 13.0 Å². The number of hydrogen-bond acceptors (Lipinski definition) is 4. The number of nitrogens with one attached hydrogen (secondary N) is 2. The summed E-state index contributed by atoms with van der Waals surface area (Å²) in [5.41, 5.74) is 0. The van der Waals surface area contributed by atoms with Crippen LogP contribution in [0.25, 0.3) is 0 Å². The molecule has 1 aliphatic rings. The zero-order chi connectivity index (χ0) is 19.4.